The summed E-state index contributed by atoms with van der Waals surface area (Å²) in [4.78, 5) is 35.3. The van der Waals surface area contributed by atoms with E-state index in [1.165, 1.54) is 20.0 Å². The lowest BCUT2D eigenvalue weighted by atomic mass is 9.83. The number of nitrogens with zero attached hydrogens (tertiary/aromatic N) is 1. The van der Waals surface area contributed by atoms with E-state index in [-0.39, 0.29) is 22.9 Å². The smallest absolute Gasteiger partial charge is 0.353 e. The van der Waals surface area contributed by atoms with Crippen LogP contribution in [0, 0.1) is 5.92 Å². The van der Waals surface area contributed by atoms with Gasteiger partial charge in [0.1, 0.15) is 5.70 Å². The van der Waals surface area contributed by atoms with E-state index in [2.05, 4.69) is 5.32 Å². The van der Waals surface area contributed by atoms with Crippen molar-refractivity contribution in [1.82, 2.24) is 10.2 Å². The number of fused-ring (bicyclic) bond motifs is 1. The van der Waals surface area contributed by atoms with Crippen LogP contribution >= 0.6 is 0 Å². The maximum absolute atomic E-state index is 12.2. The van der Waals surface area contributed by atoms with Gasteiger partial charge in [-0.25, -0.2) is 9.00 Å². The Morgan fingerprint density at radius 1 is 1.50 bits per heavy atom. The predicted octanol–water partition coefficient (Wildman–Crippen LogP) is -0.750. The number of aliphatic hydroxyl groups is 1. The number of aliphatic hydroxyl groups excluding tert-OH is 1. The van der Waals surface area contributed by atoms with Crippen LogP contribution < -0.4 is 5.32 Å². The van der Waals surface area contributed by atoms with Gasteiger partial charge < -0.3 is 20.4 Å². The van der Waals surface area contributed by atoms with Crippen LogP contribution in [0.1, 0.15) is 20.3 Å². The minimum atomic E-state index is -1.78. The molecule has 2 aliphatic rings. The summed E-state index contributed by atoms with van der Waals surface area (Å²) in [7, 11) is -1.78. The van der Waals surface area contributed by atoms with E-state index >= 15 is 0 Å². The maximum atomic E-state index is 12.2. The third-order valence-electron chi connectivity index (χ3n) is 3.61. The molecule has 0 aliphatic carbocycles. The van der Waals surface area contributed by atoms with Crippen molar-refractivity contribution in [2.45, 2.75) is 32.4 Å². The lowest BCUT2D eigenvalue weighted by Crippen LogP contribution is -2.61. The summed E-state index contributed by atoms with van der Waals surface area (Å²) >= 11 is 0. The van der Waals surface area contributed by atoms with Gasteiger partial charge in [0.15, 0.2) is 0 Å². The average molecular weight is 328 g/mol. The number of carbonyl (C=O) groups is 3. The standard InChI is InChI=1S/C13H16N2O6S/c1-6(16)10-8-5-9(22(21)4-3-14-7(2)17)11(13(19)20)15(8)12(10)18/h3-4,6,8,10,16H,5H2,1-2H3,(H,14,17)(H,19,20)/t6-,8-,10-,22?/m1/s1. The summed E-state index contributed by atoms with van der Waals surface area (Å²) < 4.78 is 12.2. The van der Waals surface area contributed by atoms with Crippen LogP contribution in [-0.2, 0) is 25.2 Å². The lowest BCUT2D eigenvalue weighted by Gasteiger charge is -2.44. The molecule has 2 amide bonds. The van der Waals surface area contributed by atoms with Gasteiger partial charge in [-0.1, -0.05) is 0 Å². The Labute approximate surface area is 128 Å². The van der Waals surface area contributed by atoms with E-state index in [0.717, 1.165) is 10.3 Å². The number of carbonyl (C=O) groups excluding carboxylic acids is 2. The number of rotatable bonds is 5. The molecule has 3 N–H and O–H groups in total. The van der Waals surface area contributed by atoms with Gasteiger partial charge in [0.05, 0.1) is 33.8 Å². The number of hydrogen-bond donors (Lipinski definition) is 3. The Hall–Kier alpha value is -2.00. The molecular formula is C13H16N2O6S. The highest BCUT2D eigenvalue weighted by Gasteiger charge is 2.57. The SMILES string of the molecule is CC(=O)NC=CS(=O)C1=C(C(=O)O)N2C(=O)[C@H]([C@@H](C)O)[C@H]2C1. The highest BCUT2D eigenvalue weighted by Crippen LogP contribution is 2.44. The Balaban J connectivity index is 2.25. The van der Waals surface area contributed by atoms with Crippen molar-refractivity contribution in [3.05, 3.63) is 22.2 Å². The summed E-state index contributed by atoms with van der Waals surface area (Å²) in [5.74, 6) is -2.84. The van der Waals surface area contributed by atoms with E-state index in [4.69, 9.17) is 0 Å². The molecule has 9 heteroatoms. The van der Waals surface area contributed by atoms with Crippen molar-refractivity contribution in [3.8, 4) is 0 Å². The lowest BCUT2D eigenvalue weighted by molar-refractivity contribution is -0.161. The van der Waals surface area contributed by atoms with Gasteiger partial charge >= 0.3 is 5.97 Å². The molecule has 2 heterocycles. The molecule has 0 spiro atoms. The van der Waals surface area contributed by atoms with Gasteiger partial charge in [-0.15, -0.1) is 0 Å². The second kappa shape index (κ2) is 6.01. The third kappa shape index (κ3) is 2.69. The molecule has 2 aliphatic heterocycles. The minimum absolute atomic E-state index is 0.107. The van der Waals surface area contributed by atoms with Crippen molar-refractivity contribution in [3.63, 3.8) is 0 Å². The molecule has 0 aromatic rings. The zero-order valence-electron chi connectivity index (χ0n) is 12.0. The number of amides is 2. The summed E-state index contributed by atoms with van der Waals surface area (Å²) in [5, 5.41) is 22.3. The topological polar surface area (TPSA) is 124 Å². The molecule has 0 aromatic heterocycles. The fourth-order valence-corrected chi connectivity index (χ4v) is 3.77. The number of carboxylic acid groups (broad SMARTS) is 1. The first-order valence-electron chi connectivity index (χ1n) is 6.57. The molecule has 0 saturated carbocycles. The first kappa shape index (κ1) is 16.4. The Bertz CT molecular complexity index is 624. The number of nitrogens with one attached hydrogen (secondary N) is 1. The molecule has 2 rings (SSSR count). The molecule has 0 bridgehead atoms. The molecule has 1 fully saturated rings. The second-order valence-corrected chi connectivity index (χ2v) is 6.48. The van der Waals surface area contributed by atoms with Gasteiger partial charge in [0.25, 0.3) is 0 Å². The molecular weight excluding hydrogens is 312 g/mol. The Morgan fingerprint density at radius 3 is 2.64 bits per heavy atom. The fraction of sp³-hybridized carbons (Fsp3) is 0.462. The summed E-state index contributed by atoms with van der Waals surface area (Å²) in [6.45, 7) is 2.74. The molecule has 1 unspecified atom stereocenters. The van der Waals surface area contributed by atoms with Crippen LogP contribution in [-0.4, -0.2) is 49.3 Å². The maximum Gasteiger partial charge on any atom is 0.353 e. The van der Waals surface area contributed by atoms with E-state index in [1.54, 1.807) is 0 Å². The van der Waals surface area contributed by atoms with Crippen LogP contribution in [0.15, 0.2) is 22.2 Å². The molecule has 0 radical (unpaired) electrons. The van der Waals surface area contributed by atoms with Crippen LogP contribution in [0.4, 0.5) is 0 Å². The highest BCUT2D eigenvalue weighted by atomic mass is 32.2. The van der Waals surface area contributed by atoms with Gasteiger partial charge in [0.2, 0.25) is 11.8 Å². The van der Waals surface area contributed by atoms with Crippen LogP contribution in [0.2, 0.25) is 0 Å². The van der Waals surface area contributed by atoms with Gasteiger partial charge in [-0.2, -0.15) is 0 Å². The van der Waals surface area contributed by atoms with Crippen LogP contribution in [0.5, 0.6) is 0 Å². The summed E-state index contributed by atoms with van der Waals surface area (Å²) in [5.41, 5.74) is -0.294. The second-order valence-electron chi connectivity index (χ2n) is 5.12. The van der Waals surface area contributed by atoms with Crippen molar-refractivity contribution >= 4 is 28.6 Å². The predicted molar refractivity (Wildman–Crippen MR) is 76.2 cm³/mol. The van der Waals surface area contributed by atoms with Crippen LogP contribution in [0.3, 0.4) is 0 Å². The molecule has 0 aromatic carbocycles. The number of hydrogen-bond acceptors (Lipinski definition) is 5. The van der Waals surface area contributed by atoms with Crippen molar-refractivity contribution in [2.75, 3.05) is 0 Å². The quantitative estimate of drug-likeness (QED) is 0.571. The Kier molecular flexibility index (Phi) is 4.47. The number of carboxylic acids is 1. The molecule has 4 atom stereocenters. The molecule has 8 nitrogen and oxygen atoms in total. The monoisotopic (exact) mass is 328 g/mol. The van der Waals surface area contributed by atoms with Crippen molar-refractivity contribution < 1.29 is 28.8 Å². The molecule has 120 valence electrons. The zero-order chi connectivity index (χ0) is 16.6. The largest absolute Gasteiger partial charge is 0.477 e. The molecule has 22 heavy (non-hydrogen) atoms. The fourth-order valence-electron chi connectivity index (χ4n) is 2.71. The van der Waals surface area contributed by atoms with E-state index < -0.39 is 40.7 Å². The summed E-state index contributed by atoms with van der Waals surface area (Å²) in [6.07, 6.45) is 0.403. The third-order valence-corrected chi connectivity index (χ3v) is 4.84. The Morgan fingerprint density at radius 2 is 2.14 bits per heavy atom. The molecule has 1 saturated heterocycles. The van der Waals surface area contributed by atoms with Crippen LogP contribution in [0.25, 0.3) is 0 Å². The van der Waals surface area contributed by atoms with E-state index in [1.807, 2.05) is 0 Å². The zero-order valence-corrected chi connectivity index (χ0v) is 12.8. The van der Waals surface area contributed by atoms with Gasteiger partial charge in [0, 0.05) is 25.0 Å². The first-order chi connectivity index (χ1) is 10.3. The first-order valence-corrected chi connectivity index (χ1v) is 7.79. The van der Waals surface area contributed by atoms with E-state index in [9.17, 15) is 28.8 Å². The van der Waals surface area contributed by atoms with Crippen molar-refractivity contribution in [2.24, 2.45) is 5.92 Å². The summed E-state index contributed by atoms with van der Waals surface area (Å²) in [6, 6.07) is -0.480. The van der Waals surface area contributed by atoms with Crippen molar-refractivity contribution in [1.29, 1.82) is 0 Å². The highest BCUT2D eigenvalue weighted by molar-refractivity contribution is 7.91. The minimum Gasteiger partial charge on any atom is -0.477 e. The number of β-lactam (4-membered cyclic amide) rings is 1. The average Bonchev–Trinajstić information content (AvgIpc) is 2.72. The number of aliphatic carboxylic acids is 1. The normalized spacial score (nSPS) is 26.7. The van der Waals surface area contributed by atoms with Gasteiger partial charge in [-0.05, 0) is 6.92 Å². The van der Waals surface area contributed by atoms with E-state index in [0.29, 0.717) is 0 Å². The van der Waals surface area contributed by atoms with Gasteiger partial charge in [-0.3, -0.25) is 9.59 Å².